The van der Waals surface area contributed by atoms with E-state index in [4.69, 9.17) is 4.74 Å². The molecule has 1 nitrogen and oxygen atoms in total. The fourth-order valence-electron chi connectivity index (χ4n) is 5.08. The van der Waals surface area contributed by atoms with Crippen LogP contribution in [-0.4, -0.2) is 6.61 Å². The maximum absolute atomic E-state index is 15.0. The quantitative estimate of drug-likeness (QED) is 0.279. The van der Waals surface area contributed by atoms with Crippen molar-refractivity contribution in [1.82, 2.24) is 0 Å². The van der Waals surface area contributed by atoms with Gasteiger partial charge in [-0.3, -0.25) is 0 Å². The highest BCUT2D eigenvalue weighted by Gasteiger charge is 2.30. The van der Waals surface area contributed by atoms with Gasteiger partial charge in [-0.2, -0.15) is 0 Å². The molecule has 0 aromatic heterocycles. The molecule has 1 heterocycles. The number of epoxide rings is 1. The number of halogens is 4. The van der Waals surface area contributed by atoms with Crippen molar-refractivity contribution >= 4 is 0 Å². The molecule has 1 unspecified atom stereocenters. The van der Waals surface area contributed by atoms with Crippen LogP contribution in [0.4, 0.5) is 17.6 Å². The summed E-state index contributed by atoms with van der Waals surface area (Å²) in [5.41, 5.74) is 1.91. The minimum atomic E-state index is -0.935. The molecular weight excluding hydrogens is 428 g/mol. The largest absolute Gasteiger partial charge is 0.368 e. The molecule has 2 aliphatic rings. The van der Waals surface area contributed by atoms with Crippen molar-refractivity contribution in [2.45, 2.75) is 51.0 Å². The highest BCUT2D eigenvalue weighted by molar-refractivity contribution is 5.71. The van der Waals surface area contributed by atoms with Crippen molar-refractivity contribution in [3.63, 3.8) is 0 Å². The number of benzene rings is 3. The van der Waals surface area contributed by atoms with E-state index in [9.17, 15) is 13.2 Å². The summed E-state index contributed by atoms with van der Waals surface area (Å²) in [5, 5.41) is 0. The smallest absolute Gasteiger partial charge is 0.167 e. The van der Waals surface area contributed by atoms with E-state index < -0.39 is 23.3 Å². The predicted molar refractivity (Wildman–Crippen MR) is 121 cm³/mol. The average molecular weight is 455 g/mol. The van der Waals surface area contributed by atoms with Crippen molar-refractivity contribution in [2.75, 3.05) is 6.61 Å². The predicted octanol–water partition coefficient (Wildman–Crippen LogP) is 8.33. The highest BCUT2D eigenvalue weighted by atomic mass is 19.2. The molecule has 172 valence electrons. The van der Waals surface area contributed by atoms with Crippen molar-refractivity contribution in [3.8, 4) is 22.3 Å². The molecule has 0 amide bonds. The molecule has 1 aliphatic heterocycles. The lowest BCUT2D eigenvalue weighted by Gasteiger charge is -2.28. The molecule has 3 aromatic rings. The first-order valence-electron chi connectivity index (χ1n) is 11.7. The van der Waals surface area contributed by atoms with Crippen molar-refractivity contribution in [1.29, 1.82) is 0 Å². The van der Waals surface area contributed by atoms with E-state index in [-0.39, 0.29) is 28.7 Å². The third-order valence-electron chi connectivity index (χ3n) is 7.28. The normalized spacial score (nSPS) is 22.4. The number of hydrogen-bond donors (Lipinski definition) is 0. The van der Waals surface area contributed by atoms with Crippen LogP contribution in [0.25, 0.3) is 22.3 Å². The van der Waals surface area contributed by atoms with Crippen LogP contribution in [0.3, 0.4) is 0 Å². The van der Waals surface area contributed by atoms with Gasteiger partial charge in [-0.25, -0.2) is 17.6 Å². The molecule has 5 heteroatoms. The standard InChI is InChI=1S/C28H26F4O/c1-2-16-3-5-17(6-4-16)20-11-12-21(26(30)25(20)29)18-7-9-19(10-8-18)22-13-14-23(24-15-33-24)28(32)27(22)31/h7-14,16-17,24H,2-6,15H2,1H3. The molecule has 2 fully saturated rings. The first-order valence-corrected chi connectivity index (χ1v) is 11.7. The van der Waals surface area contributed by atoms with E-state index in [0.717, 1.165) is 32.1 Å². The molecule has 5 rings (SSSR count). The van der Waals surface area contributed by atoms with Crippen LogP contribution in [0.2, 0.25) is 0 Å². The number of rotatable bonds is 5. The summed E-state index contributed by atoms with van der Waals surface area (Å²) in [5.74, 6) is -2.73. The highest BCUT2D eigenvalue weighted by Crippen LogP contribution is 2.40. The Morgan fingerprint density at radius 1 is 0.667 bits per heavy atom. The van der Waals surface area contributed by atoms with Gasteiger partial charge in [0.2, 0.25) is 0 Å². The Morgan fingerprint density at radius 2 is 1.15 bits per heavy atom. The maximum atomic E-state index is 15.0. The van der Waals surface area contributed by atoms with Gasteiger partial charge in [0.05, 0.1) is 6.61 Å². The third kappa shape index (κ3) is 4.19. The summed E-state index contributed by atoms with van der Waals surface area (Å²) in [6, 6.07) is 12.8. The second-order valence-corrected chi connectivity index (χ2v) is 9.19. The third-order valence-corrected chi connectivity index (χ3v) is 7.28. The fourth-order valence-corrected chi connectivity index (χ4v) is 5.08. The van der Waals surface area contributed by atoms with Crippen LogP contribution >= 0.6 is 0 Å². The molecular formula is C28H26F4O. The van der Waals surface area contributed by atoms with Crippen LogP contribution < -0.4 is 0 Å². The first-order chi connectivity index (χ1) is 16.0. The Balaban J connectivity index is 1.39. The van der Waals surface area contributed by atoms with Crippen LogP contribution in [0, 0.1) is 29.2 Å². The van der Waals surface area contributed by atoms with Gasteiger partial charge in [-0.1, -0.05) is 61.9 Å². The Morgan fingerprint density at radius 3 is 1.64 bits per heavy atom. The molecule has 0 spiro atoms. The lowest BCUT2D eigenvalue weighted by molar-refractivity contribution is 0.312. The summed E-state index contributed by atoms with van der Waals surface area (Å²) < 4.78 is 64.0. The van der Waals surface area contributed by atoms with Gasteiger partial charge in [-0.05, 0) is 54.2 Å². The topological polar surface area (TPSA) is 12.5 Å². The zero-order valence-corrected chi connectivity index (χ0v) is 18.5. The average Bonchev–Trinajstić information content (AvgIpc) is 3.68. The van der Waals surface area contributed by atoms with Gasteiger partial charge in [0.25, 0.3) is 0 Å². The fraction of sp³-hybridized carbons (Fsp3) is 0.357. The molecule has 3 aromatic carbocycles. The zero-order valence-electron chi connectivity index (χ0n) is 18.5. The summed E-state index contributed by atoms with van der Waals surface area (Å²) in [7, 11) is 0. The summed E-state index contributed by atoms with van der Waals surface area (Å²) in [6.45, 7) is 2.57. The van der Waals surface area contributed by atoms with Crippen molar-refractivity contribution in [3.05, 3.63) is 82.9 Å². The lowest BCUT2D eigenvalue weighted by atomic mass is 9.77. The summed E-state index contributed by atoms with van der Waals surface area (Å²) in [4.78, 5) is 0. The monoisotopic (exact) mass is 454 g/mol. The second kappa shape index (κ2) is 8.94. The van der Waals surface area contributed by atoms with E-state index >= 15 is 4.39 Å². The second-order valence-electron chi connectivity index (χ2n) is 9.19. The van der Waals surface area contributed by atoms with Gasteiger partial charge in [0, 0.05) is 16.7 Å². The lowest BCUT2D eigenvalue weighted by Crippen LogP contribution is -2.14. The molecule has 0 N–H and O–H groups in total. The van der Waals surface area contributed by atoms with E-state index in [0.29, 0.717) is 29.2 Å². The van der Waals surface area contributed by atoms with Crippen molar-refractivity contribution in [2.24, 2.45) is 5.92 Å². The van der Waals surface area contributed by atoms with E-state index in [1.165, 1.54) is 12.1 Å². The minimum absolute atomic E-state index is 0.0561. The molecule has 1 aliphatic carbocycles. The van der Waals surface area contributed by atoms with Gasteiger partial charge in [0.15, 0.2) is 23.3 Å². The van der Waals surface area contributed by atoms with Crippen LogP contribution in [0.5, 0.6) is 0 Å². The molecule has 33 heavy (non-hydrogen) atoms. The Kier molecular flexibility index (Phi) is 6.00. The summed E-state index contributed by atoms with van der Waals surface area (Å²) in [6.07, 6.45) is 4.63. The van der Waals surface area contributed by atoms with Crippen molar-refractivity contribution < 1.29 is 22.3 Å². The van der Waals surface area contributed by atoms with Gasteiger partial charge >= 0.3 is 0 Å². The van der Waals surface area contributed by atoms with E-state index in [1.807, 2.05) is 0 Å². The molecule has 0 radical (unpaired) electrons. The van der Waals surface area contributed by atoms with Crippen LogP contribution in [0.1, 0.15) is 62.2 Å². The van der Waals surface area contributed by atoms with Crippen LogP contribution in [0.15, 0.2) is 48.5 Å². The molecule has 1 saturated carbocycles. The Hall–Kier alpha value is -2.66. The molecule has 0 bridgehead atoms. The van der Waals surface area contributed by atoms with E-state index in [1.54, 1.807) is 36.4 Å². The van der Waals surface area contributed by atoms with Crippen LogP contribution in [-0.2, 0) is 4.74 Å². The molecule has 1 atom stereocenters. The molecule has 1 saturated heterocycles. The maximum Gasteiger partial charge on any atom is 0.167 e. The van der Waals surface area contributed by atoms with Gasteiger partial charge in [0.1, 0.15) is 6.10 Å². The first kappa shape index (κ1) is 22.1. The number of ether oxygens (including phenoxy) is 1. The number of hydrogen-bond acceptors (Lipinski definition) is 1. The van der Waals surface area contributed by atoms with E-state index in [2.05, 4.69) is 6.92 Å². The van der Waals surface area contributed by atoms with Gasteiger partial charge < -0.3 is 4.74 Å². The minimum Gasteiger partial charge on any atom is -0.368 e. The summed E-state index contributed by atoms with van der Waals surface area (Å²) >= 11 is 0. The Bertz CT molecular complexity index is 1160. The SMILES string of the molecule is CCC1CCC(c2ccc(-c3ccc(-c4ccc(C5CO5)c(F)c4F)cc3)c(F)c2F)CC1. The Labute approximate surface area is 191 Å². The zero-order chi connectivity index (χ0) is 23.1. The van der Waals surface area contributed by atoms with Gasteiger partial charge in [-0.15, -0.1) is 0 Å².